The minimum atomic E-state index is -3.20. The van der Waals surface area contributed by atoms with Gasteiger partial charge in [-0.1, -0.05) is 30.3 Å². The fraction of sp³-hybridized carbons (Fsp3) is 0.167. The highest BCUT2D eigenvalue weighted by molar-refractivity contribution is 7.91. The van der Waals surface area contributed by atoms with Gasteiger partial charge in [0, 0.05) is 11.3 Å². The molecule has 1 aliphatic heterocycles. The van der Waals surface area contributed by atoms with Crippen molar-refractivity contribution in [3.63, 3.8) is 0 Å². The van der Waals surface area contributed by atoms with Crippen LogP contribution in [0.5, 0.6) is 11.5 Å². The summed E-state index contributed by atoms with van der Waals surface area (Å²) in [5.74, 6) is 0.392. The van der Waals surface area contributed by atoms with Crippen LogP contribution in [0.4, 0.5) is 10.1 Å². The summed E-state index contributed by atoms with van der Waals surface area (Å²) in [7, 11) is -3.20. The van der Waals surface area contributed by atoms with Crippen LogP contribution in [0.3, 0.4) is 0 Å². The molecule has 1 unspecified atom stereocenters. The third-order valence-corrected chi connectivity index (χ3v) is 8.63. The van der Waals surface area contributed by atoms with Crippen LogP contribution in [0, 0.1) is 12.7 Å². The number of nitrogens with zero attached hydrogens (tertiary/aromatic N) is 3. The Hall–Kier alpha value is -4.57. The lowest BCUT2D eigenvalue weighted by atomic mass is 10.0. The minimum Gasteiger partial charge on any atom is -0.457 e. The zero-order chi connectivity index (χ0) is 27.9. The highest BCUT2D eigenvalue weighted by Crippen LogP contribution is 2.33. The number of anilines is 1. The van der Waals surface area contributed by atoms with Crippen LogP contribution in [-0.4, -0.2) is 40.6 Å². The molecule has 202 valence electrons. The van der Waals surface area contributed by atoms with Crippen molar-refractivity contribution in [2.24, 2.45) is 0 Å². The van der Waals surface area contributed by atoms with Crippen molar-refractivity contribution in [3.05, 3.63) is 102 Å². The molecule has 1 saturated heterocycles. The molecule has 1 fully saturated rings. The molecule has 1 amide bonds. The molecule has 2 aromatic heterocycles. The van der Waals surface area contributed by atoms with Crippen LogP contribution in [0.25, 0.3) is 22.3 Å². The first kappa shape index (κ1) is 25.7. The molecule has 5 aromatic rings. The first-order valence-corrected chi connectivity index (χ1v) is 14.6. The summed E-state index contributed by atoms with van der Waals surface area (Å²) >= 11 is 0. The van der Waals surface area contributed by atoms with Gasteiger partial charge in [0.05, 0.1) is 39.9 Å². The Labute approximate surface area is 230 Å². The van der Waals surface area contributed by atoms with E-state index in [9.17, 15) is 17.6 Å². The SMILES string of the molecule is Cc1nn(C2CCS(=O)(=O)C2)c2nc(-c3ccccc3F)cc(C(=O)Nc3ccc(Oc4ccccc4)cc3)c12. The number of nitrogens with one attached hydrogen (secondary N) is 1. The van der Waals surface area contributed by atoms with Crippen molar-refractivity contribution < 1.29 is 22.3 Å². The van der Waals surface area contributed by atoms with Gasteiger partial charge in [0.1, 0.15) is 17.3 Å². The molecule has 3 aromatic carbocycles. The summed E-state index contributed by atoms with van der Waals surface area (Å²) in [5.41, 5.74) is 2.16. The highest BCUT2D eigenvalue weighted by atomic mass is 32.2. The summed E-state index contributed by atoms with van der Waals surface area (Å²) in [5, 5.41) is 7.99. The van der Waals surface area contributed by atoms with Crippen LogP contribution in [-0.2, 0) is 9.84 Å². The number of rotatable bonds is 6. The molecule has 3 heterocycles. The van der Waals surface area contributed by atoms with Crippen molar-refractivity contribution in [2.75, 3.05) is 16.8 Å². The third kappa shape index (κ3) is 5.05. The van der Waals surface area contributed by atoms with E-state index in [0.29, 0.717) is 40.3 Å². The van der Waals surface area contributed by atoms with E-state index in [0.717, 1.165) is 0 Å². The van der Waals surface area contributed by atoms with E-state index < -0.39 is 27.6 Å². The molecule has 0 bridgehead atoms. The monoisotopic (exact) mass is 556 g/mol. The number of aryl methyl sites for hydroxylation is 1. The average molecular weight is 557 g/mol. The third-order valence-electron chi connectivity index (χ3n) is 6.88. The Morgan fingerprint density at radius 3 is 2.40 bits per heavy atom. The van der Waals surface area contributed by atoms with E-state index >= 15 is 0 Å². The van der Waals surface area contributed by atoms with Gasteiger partial charge in [-0.05, 0) is 67.9 Å². The lowest BCUT2D eigenvalue weighted by Gasteiger charge is -2.13. The number of para-hydroxylation sites is 1. The van der Waals surface area contributed by atoms with Crippen molar-refractivity contribution in [3.8, 4) is 22.8 Å². The van der Waals surface area contributed by atoms with Crippen molar-refractivity contribution in [2.45, 2.75) is 19.4 Å². The van der Waals surface area contributed by atoms with Crippen LogP contribution >= 0.6 is 0 Å². The lowest BCUT2D eigenvalue weighted by Crippen LogP contribution is -2.15. The number of aromatic nitrogens is 3. The molecule has 1 aliphatic rings. The van der Waals surface area contributed by atoms with Gasteiger partial charge in [0.25, 0.3) is 5.91 Å². The van der Waals surface area contributed by atoms with E-state index in [2.05, 4.69) is 10.4 Å². The average Bonchev–Trinajstić information content (AvgIpc) is 3.48. The topological polar surface area (TPSA) is 103 Å². The van der Waals surface area contributed by atoms with Gasteiger partial charge in [-0.3, -0.25) is 4.79 Å². The fourth-order valence-electron chi connectivity index (χ4n) is 4.95. The van der Waals surface area contributed by atoms with Gasteiger partial charge in [0.2, 0.25) is 0 Å². The molecule has 0 spiro atoms. The van der Waals surface area contributed by atoms with E-state index in [4.69, 9.17) is 9.72 Å². The summed E-state index contributed by atoms with van der Waals surface area (Å²) < 4.78 is 46.6. The largest absolute Gasteiger partial charge is 0.457 e. The predicted octanol–water partition coefficient (Wildman–Crippen LogP) is 5.95. The summed E-state index contributed by atoms with van der Waals surface area (Å²) in [6.07, 6.45) is 0.392. The highest BCUT2D eigenvalue weighted by Gasteiger charge is 2.32. The second kappa shape index (κ2) is 10.2. The van der Waals surface area contributed by atoms with E-state index in [1.165, 1.54) is 6.07 Å². The van der Waals surface area contributed by atoms with Crippen molar-refractivity contribution in [1.82, 2.24) is 14.8 Å². The quantitative estimate of drug-likeness (QED) is 0.277. The summed E-state index contributed by atoms with van der Waals surface area (Å²) in [6, 6.07) is 23.6. The zero-order valence-corrected chi connectivity index (χ0v) is 22.4. The minimum absolute atomic E-state index is 0.0579. The maximum atomic E-state index is 14.8. The Morgan fingerprint density at radius 2 is 1.70 bits per heavy atom. The number of hydrogen-bond donors (Lipinski definition) is 1. The molecule has 8 nitrogen and oxygen atoms in total. The number of carbonyl (C=O) groups is 1. The fourth-order valence-corrected chi connectivity index (χ4v) is 6.64. The van der Waals surface area contributed by atoms with E-state index in [1.54, 1.807) is 60.1 Å². The number of benzene rings is 3. The Balaban J connectivity index is 1.38. The maximum Gasteiger partial charge on any atom is 0.256 e. The summed E-state index contributed by atoms with van der Waals surface area (Å²) in [4.78, 5) is 18.4. The van der Waals surface area contributed by atoms with Gasteiger partial charge in [0.15, 0.2) is 15.5 Å². The number of sulfone groups is 1. The number of amides is 1. The van der Waals surface area contributed by atoms with Crippen LogP contribution < -0.4 is 10.1 Å². The number of hydrogen-bond acceptors (Lipinski definition) is 6. The van der Waals surface area contributed by atoms with Crippen LogP contribution in [0.15, 0.2) is 84.9 Å². The lowest BCUT2D eigenvalue weighted by molar-refractivity contribution is 0.102. The normalized spacial score (nSPS) is 16.2. The van der Waals surface area contributed by atoms with Crippen molar-refractivity contribution >= 4 is 32.5 Å². The van der Waals surface area contributed by atoms with Crippen LogP contribution in [0.1, 0.15) is 28.5 Å². The standard InChI is InChI=1S/C30H25FN4O4S/c1-19-28-25(30(36)32-20-11-13-23(14-12-20)39-22-7-3-2-4-8-22)17-27(24-9-5-6-10-26(24)31)33-29(28)35(34-19)21-15-16-40(37,38)18-21/h2-14,17,21H,15-16,18H2,1H3,(H,32,36). The van der Waals surface area contributed by atoms with Gasteiger partial charge in [-0.15, -0.1) is 0 Å². The molecule has 1 N–H and O–H groups in total. The Bertz CT molecular complexity index is 1840. The van der Waals surface area contributed by atoms with Gasteiger partial charge < -0.3 is 10.1 Å². The van der Waals surface area contributed by atoms with Crippen molar-refractivity contribution in [1.29, 1.82) is 0 Å². The number of halogens is 1. The Kier molecular flexibility index (Phi) is 6.55. The molecule has 0 radical (unpaired) electrons. The molecule has 1 atom stereocenters. The maximum absolute atomic E-state index is 14.8. The zero-order valence-electron chi connectivity index (χ0n) is 21.5. The molecule has 10 heteroatoms. The number of carbonyl (C=O) groups excluding carboxylic acids is 1. The molecule has 40 heavy (non-hydrogen) atoms. The first-order chi connectivity index (χ1) is 19.3. The molecular weight excluding hydrogens is 531 g/mol. The van der Waals surface area contributed by atoms with E-state index in [1.807, 2.05) is 30.3 Å². The van der Waals surface area contributed by atoms with Gasteiger partial charge in [-0.25, -0.2) is 22.5 Å². The molecular formula is C30H25FN4O4S. The number of pyridine rings is 1. The smallest absolute Gasteiger partial charge is 0.256 e. The van der Waals surface area contributed by atoms with Crippen LogP contribution in [0.2, 0.25) is 0 Å². The molecule has 6 rings (SSSR count). The van der Waals surface area contributed by atoms with E-state index in [-0.39, 0.29) is 28.3 Å². The number of fused-ring (bicyclic) bond motifs is 1. The Morgan fingerprint density at radius 1 is 1.00 bits per heavy atom. The first-order valence-electron chi connectivity index (χ1n) is 12.8. The second-order valence-electron chi connectivity index (χ2n) is 9.71. The second-order valence-corrected chi connectivity index (χ2v) is 11.9. The van der Waals surface area contributed by atoms with Gasteiger partial charge in [-0.2, -0.15) is 5.10 Å². The molecule has 0 aliphatic carbocycles. The summed E-state index contributed by atoms with van der Waals surface area (Å²) in [6.45, 7) is 1.75. The predicted molar refractivity (Wildman–Crippen MR) is 151 cm³/mol. The number of ether oxygens (including phenoxy) is 1. The molecule has 0 saturated carbocycles. The van der Waals surface area contributed by atoms with Gasteiger partial charge >= 0.3 is 0 Å².